The highest BCUT2D eigenvalue weighted by molar-refractivity contribution is 6.03. The highest BCUT2D eigenvalue weighted by Gasteiger charge is 2.23. The maximum Gasteiger partial charge on any atom is 0.184 e. The van der Waals surface area contributed by atoms with Crippen LogP contribution in [-0.2, 0) is 0 Å². The zero-order chi connectivity index (χ0) is 15.4. The third-order valence-electron chi connectivity index (χ3n) is 3.01. The van der Waals surface area contributed by atoms with E-state index >= 15 is 0 Å². The van der Waals surface area contributed by atoms with Gasteiger partial charge < -0.3 is 4.74 Å². The predicted octanol–water partition coefficient (Wildman–Crippen LogP) is 3.46. The Balaban J connectivity index is 2.40. The third kappa shape index (κ3) is 3.06. The Morgan fingerprint density at radius 3 is 2.62 bits per heavy atom. The van der Waals surface area contributed by atoms with Gasteiger partial charge in [0, 0.05) is 5.56 Å². The smallest absolute Gasteiger partial charge is 0.184 e. The number of nitrogens with zero attached hydrogens (tertiary/aromatic N) is 1. The minimum atomic E-state index is -1.16. The molecule has 0 heterocycles. The summed E-state index contributed by atoms with van der Waals surface area (Å²) in [6, 6.07) is 10.7. The van der Waals surface area contributed by atoms with Crippen molar-refractivity contribution in [3.8, 4) is 11.8 Å². The molecule has 0 radical (unpaired) electrons. The number of carbonyl (C=O) groups is 1. The highest BCUT2D eigenvalue weighted by atomic mass is 19.1. The van der Waals surface area contributed by atoms with Crippen molar-refractivity contribution in [3.05, 3.63) is 65.2 Å². The van der Waals surface area contributed by atoms with E-state index in [1.165, 1.54) is 37.4 Å². The lowest BCUT2D eigenvalue weighted by molar-refractivity contribution is 0.0978. The lowest BCUT2D eigenvalue weighted by atomic mass is 9.91. The molecule has 106 valence electrons. The molecule has 0 fully saturated rings. The quantitative estimate of drug-likeness (QED) is 0.809. The lowest BCUT2D eigenvalue weighted by Crippen LogP contribution is -2.12. The molecular weight excluding hydrogens is 276 g/mol. The van der Waals surface area contributed by atoms with Crippen LogP contribution >= 0.6 is 0 Å². The summed E-state index contributed by atoms with van der Waals surface area (Å²) >= 11 is 0. The molecule has 0 saturated heterocycles. The first-order valence-electron chi connectivity index (χ1n) is 6.09. The number of ketones is 1. The molecule has 2 aromatic rings. The summed E-state index contributed by atoms with van der Waals surface area (Å²) < 4.78 is 31.4. The van der Waals surface area contributed by atoms with E-state index in [1.54, 1.807) is 0 Å². The molecule has 0 spiro atoms. The first-order valence-corrected chi connectivity index (χ1v) is 6.09. The topological polar surface area (TPSA) is 50.1 Å². The second-order valence-corrected chi connectivity index (χ2v) is 4.33. The average molecular weight is 287 g/mol. The average Bonchev–Trinajstić information content (AvgIpc) is 2.48. The van der Waals surface area contributed by atoms with Crippen LogP contribution in [0.5, 0.6) is 5.75 Å². The monoisotopic (exact) mass is 287 g/mol. The molecule has 1 unspecified atom stereocenters. The van der Waals surface area contributed by atoms with Crippen molar-refractivity contribution in [1.82, 2.24) is 0 Å². The molecule has 0 bridgehead atoms. The zero-order valence-corrected chi connectivity index (χ0v) is 11.1. The predicted molar refractivity (Wildman–Crippen MR) is 72.0 cm³/mol. The van der Waals surface area contributed by atoms with Crippen molar-refractivity contribution >= 4 is 5.78 Å². The minimum absolute atomic E-state index is 0.0863. The van der Waals surface area contributed by atoms with Crippen molar-refractivity contribution in [3.63, 3.8) is 0 Å². The van der Waals surface area contributed by atoms with Crippen LogP contribution in [0.4, 0.5) is 8.78 Å². The molecule has 1 atom stereocenters. The molecular formula is C16H11F2NO2. The van der Waals surface area contributed by atoms with Crippen LogP contribution in [0.15, 0.2) is 42.5 Å². The largest absolute Gasteiger partial charge is 0.494 e. The number of ether oxygens (including phenoxy) is 1. The molecule has 5 heteroatoms. The van der Waals surface area contributed by atoms with Crippen molar-refractivity contribution in [2.24, 2.45) is 0 Å². The van der Waals surface area contributed by atoms with Gasteiger partial charge in [0.15, 0.2) is 17.3 Å². The number of carbonyl (C=O) groups excluding carboxylic acids is 1. The Kier molecular flexibility index (Phi) is 4.29. The Morgan fingerprint density at radius 2 is 2.00 bits per heavy atom. The fraction of sp³-hybridized carbons (Fsp3) is 0.125. The summed E-state index contributed by atoms with van der Waals surface area (Å²) in [6.07, 6.45) is 0. The molecule has 0 aliphatic heterocycles. The molecule has 0 amide bonds. The summed E-state index contributed by atoms with van der Waals surface area (Å²) in [5, 5.41) is 9.18. The summed E-state index contributed by atoms with van der Waals surface area (Å²) in [4.78, 5) is 12.3. The van der Waals surface area contributed by atoms with E-state index in [1.807, 2.05) is 6.07 Å². The molecule has 0 N–H and O–H groups in total. The van der Waals surface area contributed by atoms with E-state index in [0.29, 0.717) is 0 Å². The fourth-order valence-electron chi connectivity index (χ4n) is 1.95. The first-order chi connectivity index (χ1) is 10.1. The van der Waals surface area contributed by atoms with Crippen LogP contribution in [0, 0.1) is 23.0 Å². The molecule has 2 aromatic carbocycles. The standard InChI is InChI=1S/C16H11F2NO2/c1-21-15-8-11(5-6-14(15)18)16(20)13(9-19)10-3-2-4-12(17)7-10/h2-8,13H,1H3. The van der Waals surface area contributed by atoms with Crippen LogP contribution < -0.4 is 4.74 Å². The molecule has 0 aliphatic rings. The summed E-state index contributed by atoms with van der Waals surface area (Å²) in [6.45, 7) is 0. The zero-order valence-electron chi connectivity index (χ0n) is 11.1. The number of hydrogen-bond donors (Lipinski definition) is 0. The normalized spacial score (nSPS) is 11.5. The van der Waals surface area contributed by atoms with Gasteiger partial charge in [0.1, 0.15) is 11.7 Å². The van der Waals surface area contributed by atoms with E-state index in [0.717, 1.165) is 12.1 Å². The Bertz CT molecular complexity index is 722. The van der Waals surface area contributed by atoms with E-state index in [9.17, 15) is 18.8 Å². The van der Waals surface area contributed by atoms with E-state index in [2.05, 4.69) is 0 Å². The van der Waals surface area contributed by atoms with Crippen LogP contribution in [0.3, 0.4) is 0 Å². The van der Waals surface area contributed by atoms with Crippen LogP contribution in [-0.4, -0.2) is 12.9 Å². The molecule has 21 heavy (non-hydrogen) atoms. The molecule has 0 aliphatic carbocycles. The van der Waals surface area contributed by atoms with Crippen molar-refractivity contribution in [1.29, 1.82) is 5.26 Å². The number of benzene rings is 2. The number of Topliss-reactive ketones (excluding diaryl/α,β-unsaturated/α-hetero) is 1. The van der Waals surface area contributed by atoms with Gasteiger partial charge in [0.25, 0.3) is 0 Å². The second-order valence-electron chi connectivity index (χ2n) is 4.33. The summed E-state index contributed by atoms with van der Waals surface area (Å²) in [5.74, 6) is -2.92. The second kappa shape index (κ2) is 6.14. The van der Waals surface area contributed by atoms with Crippen LogP contribution in [0.25, 0.3) is 0 Å². The molecule has 3 nitrogen and oxygen atoms in total. The number of nitriles is 1. The van der Waals surface area contributed by atoms with Gasteiger partial charge in [-0.2, -0.15) is 5.26 Å². The summed E-state index contributed by atoms with van der Waals surface area (Å²) in [7, 11) is 1.28. The maximum atomic E-state index is 13.3. The van der Waals surface area contributed by atoms with E-state index in [-0.39, 0.29) is 16.9 Å². The van der Waals surface area contributed by atoms with Crippen molar-refractivity contribution < 1.29 is 18.3 Å². The van der Waals surface area contributed by atoms with Gasteiger partial charge in [-0.15, -0.1) is 0 Å². The third-order valence-corrected chi connectivity index (χ3v) is 3.01. The van der Waals surface area contributed by atoms with E-state index in [4.69, 9.17) is 4.74 Å². The number of hydrogen-bond acceptors (Lipinski definition) is 3. The van der Waals surface area contributed by atoms with Gasteiger partial charge in [-0.1, -0.05) is 12.1 Å². The fourth-order valence-corrected chi connectivity index (χ4v) is 1.95. The number of methoxy groups -OCH3 is 1. The van der Waals surface area contributed by atoms with Gasteiger partial charge in [-0.05, 0) is 35.9 Å². The van der Waals surface area contributed by atoms with Gasteiger partial charge >= 0.3 is 0 Å². The number of halogens is 2. The van der Waals surface area contributed by atoms with Crippen molar-refractivity contribution in [2.75, 3.05) is 7.11 Å². The first kappa shape index (κ1) is 14.7. The Labute approximate surface area is 120 Å². The molecule has 2 rings (SSSR count). The maximum absolute atomic E-state index is 13.3. The van der Waals surface area contributed by atoms with Crippen LogP contribution in [0.1, 0.15) is 21.8 Å². The van der Waals surface area contributed by atoms with Gasteiger partial charge in [-0.25, -0.2) is 8.78 Å². The van der Waals surface area contributed by atoms with Crippen LogP contribution in [0.2, 0.25) is 0 Å². The Hall–Kier alpha value is -2.74. The SMILES string of the molecule is COc1cc(C(=O)C(C#N)c2cccc(F)c2)ccc1F. The van der Waals surface area contributed by atoms with Crippen molar-refractivity contribution in [2.45, 2.75) is 5.92 Å². The highest BCUT2D eigenvalue weighted by Crippen LogP contribution is 2.25. The van der Waals surface area contributed by atoms with Gasteiger partial charge in [0.2, 0.25) is 0 Å². The summed E-state index contributed by atoms with van der Waals surface area (Å²) in [5.41, 5.74) is 0.384. The molecule has 0 saturated carbocycles. The minimum Gasteiger partial charge on any atom is -0.494 e. The van der Waals surface area contributed by atoms with E-state index < -0.39 is 23.3 Å². The Morgan fingerprint density at radius 1 is 1.24 bits per heavy atom. The van der Waals surface area contributed by atoms with Gasteiger partial charge in [0.05, 0.1) is 13.2 Å². The number of rotatable bonds is 4. The molecule has 0 aromatic heterocycles. The van der Waals surface area contributed by atoms with Gasteiger partial charge in [-0.3, -0.25) is 4.79 Å². The lowest BCUT2D eigenvalue weighted by Gasteiger charge is -2.10.